The molecule has 0 saturated heterocycles. The molecule has 2 heterocycles. The number of aromatic nitrogens is 2. The summed E-state index contributed by atoms with van der Waals surface area (Å²) in [5, 5.41) is 14.9. The highest BCUT2D eigenvalue weighted by Gasteiger charge is 2.47. The molecule has 1 aliphatic rings. The van der Waals surface area contributed by atoms with Crippen molar-refractivity contribution in [1.82, 2.24) is 15.3 Å². The van der Waals surface area contributed by atoms with Crippen LogP contribution in [0.1, 0.15) is 46.2 Å². The van der Waals surface area contributed by atoms with E-state index in [4.69, 9.17) is 26.8 Å². The van der Waals surface area contributed by atoms with Gasteiger partial charge in [-0.15, -0.1) is 0 Å². The Balaban J connectivity index is 1.56. The Kier molecular flexibility index (Phi) is 8.55. The van der Waals surface area contributed by atoms with Gasteiger partial charge < -0.3 is 25.6 Å². The third kappa shape index (κ3) is 5.99. The van der Waals surface area contributed by atoms with E-state index in [2.05, 4.69) is 31.2 Å². The van der Waals surface area contributed by atoms with Crippen molar-refractivity contribution in [2.24, 2.45) is 11.7 Å². The fourth-order valence-corrected chi connectivity index (χ4v) is 5.47. The van der Waals surface area contributed by atoms with Crippen LogP contribution in [0.25, 0.3) is 22.2 Å². The van der Waals surface area contributed by atoms with Crippen LogP contribution in [0.15, 0.2) is 47.1 Å². The molecule has 0 radical (unpaired) electrons. The standard InChI is InChI=1S/C30H26BrClF2N4O5/c1-3-43-27-19(28(35)39)11-23(38-26(27)15-8-20(32)24(34)21(33)9-15)30(41,17-4-5-17)13-37-29(40)16-6-14-7-18(31)12-36-25(14)22(10-16)42-2/h6-12,17,41H,3-5,13H2,1-2H3,(H2,35,39)(H,37,40)/t30-/m1/s1. The van der Waals surface area contributed by atoms with Crippen molar-refractivity contribution < 1.29 is 33.0 Å². The maximum absolute atomic E-state index is 14.4. The van der Waals surface area contributed by atoms with Crippen molar-refractivity contribution in [1.29, 1.82) is 0 Å². The van der Waals surface area contributed by atoms with Gasteiger partial charge in [0.15, 0.2) is 17.4 Å². The van der Waals surface area contributed by atoms with E-state index >= 15 is 0 Å². The normalized spacial score (nSPS) is 14.3. The molecule has 43 heavy (non-hydrogen) atoms. The Morgan fingerprint density at radius 2 is 1.95 bits per heavy atom. The molecule has 0 aliphatic heterocycles. The lowest BCUT2D eigenvalue weighted by molar-refractivity contribution is 0.00946. The van der Waals surface area contributed by atoms with Gasteiger partial charge in [-0.05, 0) is 78.0 Å². The van der Waals surface area contributed by atoms with Gasteiger partial charge in [-0.2, -0.15) is 0 Å². The first-order valence-electron chi connectivity index (χ1n) is 13.2. The van der Waals surface area contributed by atoms with Crippen LogP contribution in [0, 0.1) is 17.6 Å². The van der Waals surface area contributed by atoms with Crippen LogP contribution < -0.4 is 20.5 Å². The highest BCUT2D eigenvalue weighted by Crippen LogP contribution is 2.47. The quantitative estimate of drug-likeness (QED) is 0.188. The largest absolute Gasteiger partial charge is 0.494 e. The van der Waals surface area contributed by atoms with Crippen molar-refractivity contribution in [3.8, 4) is 22.8 Å². The smallest absolute Gasteiger partial charge is 0.252 e. The van der Waals surface area contributed by atoms with Crippen LogP contribution >= 0.6 is 27.5 Å². The summed E-state index contributed by atoms with van der Waals surface area (Å²) in [6, 6.07) is 8.28. The number of aliphatic hydroxyl groups is 1. The minimum absolute atomic E-state index is 0.00177. The molecule has 2 aromatic heterocycles. The van der Waals surface area contributed by atoms with Crippen molar-refractivity contribution >= 4 is 50.2 Å². The van der Waals surface area contributed by atoms with Crippen LogP contribution in [0.3, 0.4) is 0 Å². The van der Waals surface area contributed by atoms with Crippen molar-refractivity contribution in [3.63, 3.8) is 0 Å². The molecule has 0 spiro atoms. The molecule has 1 fully saturated rings. The summed E-state index contributed by atoms with van der Waals surface area (Å²) in [4.78, 5) is 34.8. The number of pyridine rings is 2. The number of halogens is 4. The van der Waals surface area contributed by atoms with E-state index in [1.54, 1.807) is 31.3 Å². The zero-order valence-electron chi connectivity index (χ0n) is 23.0. The van der Waals surface area contributed by atoms with E-state index in [1.807, 2.05) is 0 Å². The average Bonchev–Trinajstić information content (AvgIpc) is 3.84. The molecule has 9 nitrogen and oxygen atoms in total. The number of hydrogen-bond acceptors (Lipinski definition) is 7. The second-order valence-electron chi connectivity index (χ2n) is 10.1. The predicted molar refractivity (Wildman–Crippen MR) is 159 cm³/mol. The van der Waals surface area contributed by atoms with Crippen molar-refractivity contribution in [2.75, 3.05) is 20.3 Å². The maximum Gasteiger partial charge on any atom is 0.252 e. The third-order valence-corrected chi connectivity index (χ3v) is 7.90. The minimum Gasteiger partial charge on any atom is -0.494 e. The van der Waals surface area contributed by atoms with E-state index in [1.165, 1.54) is 13.2 Å². The lowest BCUT2D eigenvalue weighted by Crippen LogP contribution is -2.43. The summed E-state index contributed by atoms with van der Waals surface area (Å²) in [6.45, 7) is 1.47. The number of nitrogens with two attached hydrogens (primary N) is 1. The molecule has 0 unspecified atom stereocenters. The molecule has 1 atom stereocenters. The highest BCUT2D eigenvalue weighted by atomic mass is 79.9. The fraction of sp³-hybridized carbons (Fsp3) is 0.267. The Morgan fingerprint density at radius 1 is 1.21 bits per heavy atom. The number of ether oxygens (including phenoxy) is 2. The lowest BCUT2D eigenvalue weighted by Gasteiger charge is -2.29. The Bertz CT molecular complexity index is 1750. The van der Waals surface area contributed by atoms with Crippen molar-refractivity contribution in [2.45, 2.75) is 25.4 Å². The molecule has 13 heteroatoms. The average molecular weight is 676 g/mol. The summed E-state index contributed by atoms with van der Waals surface area (Å²) in [5.74, 6) is -3.91. The molecular formula is C30H26BrClF2N4O5. The number of methoxy groups -OCH3 is 1. The number of hydrogen-bond donors (Lipinski definition) is 3. The predicted octanol–water partition coefficient (Wildman–Crippen LogP) is 5.52. The number of nitrogens with one attached hydrogen (secondary N) is 1. The number of benzene rings is 2. The Hall–Kier alpha value is -3.87. The second kappa shape index (κ2) is 12.0. The van der Waals surface area contributed by atoms with Crippen molar-refractivity contribution in [3.05, 3.63) is 80.5 Å². The summed E-state index contributed by atoms with van der Waals surface area (Å²) in [7, 11) is 1.47. The number of carbonyl (C=O) groups is 2. The Labute approximate surface area is 258 Å². The molecule has 2 aromatic carbocycles. The lowest BCUT2D eigenvalue weighted by atomic mass is 9.90. The first kappa shape index (κ1) is 30.6. The molecule has 5 rings (SSSR count). The SMILES string of the molecule is CCOc1c(C(N)=O)cc([C@@](O)(CNC(=O)c2cc(OC)c3ncc(Br)cc3c2)C2CC2)nc1-c1cc(F)c(F)c(Cl)c1. The number of carbonyl (C=O) groups excluding carboxylic acids is 2. The first-order chi connectivity index (χ1) is 20.5. The topological polar surface area (TPSA) is 137 Å². The molecular weight excluding hydrogens is 650 g/mol. The second-order valence-corrected chi connectivity index (χ2v) is 11.4. The van der Waals surface area contributed by atoms with Gasteiger partial charge >= 0.3 is 0 Å². The monoisotopic (exact) mass is 674 g/mol. The maximum atomic E-state index is 14.4. The zero-order valence-corrected chi connectivity index (χ0v) is 25.4. The minimum atomic E-state index is -1.76. The van der Waals surface area contributed by atoms with E-state index in [0.717, 1.165) is 12.1 Å². The van der Waals surface area contributed by atoms with Crippen LogP contribution in [0.5, 0.6) is 11.5 Å². The van der Waals surface area contributed by atoms with Gasteiger partial charge in [0.05, 0.1) is 36.5 Å². The van der Waals surface area contributed by atoms with Gasteiger partial charge in [0.2, 0.25) is 0 Å². The number of nitrogens with zero attached hydrogens (tertiary/aromatic N) is 2. The summed E-state index contributed by atoms with van der Waals surface area (Å²) in [6.07, 6.45) is 2.85. The van der Waals surface area contributed by atoms with Crippen LogP contribution in [-0.2, 0) is 5.60 Å². The van der Waals surface area contributed by atoms with E-state index in [-0.39, 0.29) is 52.9 Å². The van der Waals surface area contributed by atoms with E-state index < -0.39 is 34.1 Å². The van der Waals surface area contributed by atoms with Crippen LogP contribution in [-0.4, -0.2) is 47.2 Å². The van der Waals surface area contributed by atoms with Gasteiger partial charge in [-0.1, -0.05) is 11.6 Å². The van der Waals surface area contributed by atoms with Crippen LogP contribution in [0.4, 0.5) is 8.78 Å². The highest BCUT2D eigenvalue weighted by molar-refractivity contribution is 9.10. The molecule has 1 saturated carbocycles. The van der Waals surface area contributed by atoms with Gasteiger partial charge in [0.25, 0.3) is 11.8 Å². The van der Waals surface area contributed by atoms with Gasteiger partial charge in [-0.25, -0.2) is 13.8 Å². The van der Waals surface area contributed by atoms with Crippen LogP contribution in [0.2, 0.25) is 5.02 Å². The molecule has 4 aromatic rings. The molecule has 0 bridgehead atoms. The molecule has 4 N–H and O–H groups in total. The number of rotatable bonds is 10. The number of primary amides is 1. The van der Waals surface area contributed by atoms with E-state index in [9.17, 15) is 23.5 Å². The summed E-state index contributed by atoms with van der Waals surface area (Å²) < 4.78 is 40.2. The number of amides is 2. The number of fused-ring (bicyclic) bond motifs is 1. The first-order valence-corrected chi connectivity index (χ1v) is 14.4. The summed E-state index contributed by atoms with van der Waals surface area (Å²) >= 11 is 9.29. The molecule has 2 amide bonds. The molecule has 224 valence electrons. The van der Waals surface area contributed by atoms with E-state index in [0.29, 0.717) is 34.0 Å². The summed E-state index contributed by atoms with van der Waals surface area (Å²) in [5.41, 5.74) is 4.54. The third-order valence-electron chi connectivity index (χ3n) is 7.20. The zero-order chi connectivity index (χ0) is 31.1. The Morgan fingerprint density at radius 3 is 2.58 bits per heavy atom. The van der Waals surface area contributed by atoms with Gasteiger partial charge in [-0.3, -0.25) is 14.6 Å². The van der Waals surface area contributed by atoms with Gasteiger partial charge in [0.1, 0.15) is 22.6 Å². The van der Waals surface area contributed by atoms with Gasteiger partial charge in [0, 0.05) is 27.2 Å². The molecule has 1 aliphatic carbocycles. The fourth-order valence-electron chi connectivity index (χ4n) is 4.91.